The summed E-state index contributed by atoms with van der Waals surface area (Å²) >= 11 is 0. The largest absolute Gasteiger partial charge is 0.457 e. The Morgan fingerprint density at radius 2 is 1.75 bits per heavy atom. The topological polar surface area (TPSA) is 102 Å². The zero-order chi connectivity index (χ0) is 19.9. The summed E-state index contributed by atoms with van der Waals surface area (Å²) in [6.45, 7) is 1.02. The van der Waals surface area contributed by atoms with Crippen molar-refractivity contribution >= 4 is 11.9 Å². The Hall–Kier alpha value is -3.45. The molecule has 0 saturated carbocycles. The normalized spacial score (nSPS) is 11.6. The highest BCUT2D eigenvalue weighted by molar-refractivity contribution is 5.96. The molecule has 144 valence electrons. The van der Waals surface area contributed by atoms with Crippen LogP contribution < -0.4 is 5.32 Å². The lowest BCUT2D eigenvalue weighted by Crippen LogP contribution is -2.44. The minimum absolute atomic E-state index is 0.126. The number of aliphatic hydroxyl groups is 1. The molecule has 0 saturated heterocycles. The van der Waals surface area contributed by atoms with Crippen LogP contribution in [-0.4, -0.2) is 34.6 Å². The average molecular weight is 380 g/mol. The van der Waals surface area contributed by atoms with Crippen molar-refractivity contribution in [2.45, 2.75) is 19.6 Å². The Balaban J connectivity index is 1.61. The van der Waals surface area contributed by atoms with E-state index in [-0.39, 0.29) is 6.61 Å². The number of ether oxygens (including phenoxy) is 1. The lowest BCUT2D eigenvalue weighted by molar-refractivity contribution is -0.148. The standard InChI is InChI=1S/C21H20N2O5/c1-14-18(23-20(28-14)16-10-6-3-7-11-16)13-27-21(26)17(12-24)22-19(25)15-8-4-2-5-9-15/h2-11,17,24H,12-13H2,1H3,(H,22,25). The number of carbonyl (C=O) groups excluding carboxylic acids is 2. The Morgan fingerprint density at radius 3 is 2.39 bits per heavy atom. The first-order valence-corrected chi connectivity index (χ1v) is 8.73. The second kappa shape index (κ2) is 8.96. The number of aromatic nitrogens is 1. The van der Waals surface area contributed by atoms with E-state index in [1.54, 1.807) is 37.3 Å². The van der Waals surface area contributed by atoms with Crippen LogP contribution in [0.1, 0.15) is 21.8 Å². The smallest absolute Gasteiger partial charge is 0.331 e. The van der Waals surface area contributed by atoms with Crippen LogP contribution in [0.2, 0.25) is 0 Å². The number of oxazole rings is 1. The number of amides is 1. The first kappa shape index (κ1) is 19.3. The molecular formula is C21H20N2O5. The number of benzene rings is 2. The number of carbonyl (C=O) groups is 2. The van der Waals surface area contributed by atoms with Gasteiger partial charge in [-0.05, 0) is 31.2 Å². The van der Waals surface area contributed by atoms with Gasteiger partial charge in [0.05, 0.1) is 6.61 Å². The monoisotopic (exact) mass is 380 g/mol. The van der Waals surface area contributed by atoms with Gasteiger partial charge in [-0.2, -0.15) is 0 Å². The molecule has 2 aromatic carbocycles. The van der Waals surface area contributed by atoms with Gasteiger partial charge in [0, 0.05) is 11.1 Å². The first-order valence-electron chi connectivity index (χ1n) is 8.73. The van der Waals surface area contributed by atoms with Crippen LogP contribution in [-0.2, 0) is 16.1 Å². The van der Waals surface area contributed by atoms with Gasteiger partial charge in [0.2, 0.25) is 5.89 Å². The minimum atomic E-state index is -1.17. The highest BCUT2D eigenvalue weighted by Gasteiger charge is 2.23. The van der Waals surface area contributed by atoms with Crippen molar-refractivity contribution in [3.05, 3.63) is 77.7 Å². The lowest BCUT2D eigenvalue weighted by Gasteiger charge is -2.15. The van der Waals surface area contributed by atoms with Gasteiger partial charge in [0.25, 0.3) is 5.91 Å². The summed E-state index contributed by atoms with van der Waals surface area (Å²) in [6, 6.07) is 16.6. The first-order chi connectivity index (χ1) is 13.6. The molecule has 2 N–H and O–H groups in total. The van der Waals surface area contributed by atoms with E-state index in [9.17, 15) is 14.7 Å². The summed E-state index contributed by atoms with van der Waals surface area (Å²) in [6.07, 6.45) is 0. The number of nitrogens with one attached hydrogen (secondary N) is 1. The molecule has 28 heavy (non-hydrogen) atoms. The highest BCUT2D eigenvalue weighted by atomic mass is 16.5. The second-order valence-corrected chi connectivity index (χ2v) is 6.07. The molecule has 1 heterocycles. The molecule has 1 unspecified atom stereocenters. The number of aliphatic hydroxyl groups excluding tert-OH is 1. The predicted molar refractivity (Wildman–Crippen MR) is 101 cm³/mol. The van der Waals surface area contributed by atoms with Crippen molar-refractivity contribution in [2.24, 2.45) is 0 Å². The summed E-state index contributed by atoms with van der Waals surface area (Å²) in [5.41, 5.74) is 1.67. The third-order valence-corrected chi connectivity index (χ3v) is 4.07. The SMILES string of the molecule is Cc1oc(-c2ccccc2)nc1COC(=O)C(CO)NC(=O)c1ccccc1. The van der Waals surface area contributed by atoms with E-state index >= 15 is 0 Å². The number of hydrogen-bond acceptors (Lipinski definition) is 6. The Bertz CT molecular complexity index is 938. The van der Waals surface area contributed by atoms with Crippen molar-refractivity contribution in [1.29, 1.82) is 0 Å². The number of esters is 1. The van der Waals surface area contributed by atoms with E-state index in [1.807, 2.05) is 30.3 Å². The third-order valence-electron chi connectivity index (χ3n) is 4.07. The fourth-order valence-corrected chi connectivity index (χ4v) is 2.52. The summed E-state index contributed by atoms with van der Waals surface area (Å²) < 4.78 is 10.8. The maximum absolute atomic E-state index is 12.2. The molecule has 1 atom stereocenters. The molecule has 3 rings (SSSR count). The predicted octanol–water partition coefficient (Wildman–Crippen LogP) is 2.48. The van der Waals surface area contributed by atoms with Gasteiger partial charge in [0.15, 0.2) is 6.04 Å². The van der Waals surface area contributed by atoms with Crippen LogP contribution in [0.3, 0.4) is 0 Å². The van der Waals surface area contributed by atoms with Gasteiger partial charge in [0.1, 0.15) is 18.1 Å². The van der Waals surface area contributed by atoms with Crippen molar-refractivity contribution in [2.75, 3.05) is 6.61 Å². The van der Waals surface area contributed by atoms with Crippen molar-refractivity contribution in [1.82, 2.24) is 10.3 Å². The Kier molecular flexibility index (Phi) is 6.18. The van der Waals surface area contributed by atoms with Gasteiger partial charge in [-0.15, -0.1) is 0 Å². The molecule has 0 spiro atoms. The van der Waals surface area contributed by atoms with Crippen molar-refractivity contribution < 1.29 is 23.8 Å². The molecule has 0 fully saturated rings. The molecule has 1 aromatic heterocycles. The molecule has 0 aliphatic carbocycles. The molecule has 7 heteroatoms. The van der Waals surface area contributed by atoms with Gasteiger partial charge in [-0.3, -0.25) is 4.79 Å². The molecule has 0 radical (unpaired) electrons. The quantitative estimate of drug-likeness (QED) is 0.611. The highest BCUT2D eigenvalue weighted by Crippen LogP contribution is 2.21. The fourth-order valence-electron chi connectivity index (χ4n) is 2.52. The molecule has 1 amide bonds. The summed E-state index contributed by atoms with van der Waals surface area (Å²) in [5.74, 6) is -0.267. The molecule has 0 bridgehead atoms. The van der Waals surface area contributed by atoms with E-state index in [4.69, 9.17) is 9.15 Å². The second-order valence-electron chi connectivity index (χ2n) is 6.07. The van der Waals surface area contributed by atoms with Crippen LogP contribution in [0.4, 0.5) is 0 Å². The maximum Gasteiger partial charge on any atom is 0.331 e. The number of nitrogens with zero attached hydrogens (tertiary/aromatic N) is 1. The molecule has 7 nitrogen and oxygen atoms in total. The van der Waals surface area contributed by atoms with Gasteiger partial charge < -0.3 is 19.6 Å². The van der Waals surface area contributed by atoms with Crippen molar-refractivity contribution in [3.8, 4) is 11.5 Å². The van der Waals surface area contributed by atoms with Crippen LogP contribution in [0.5, 0.6) is 0 Å². The van der Waals surface area contributed by atoms with Gasteiger partial charge in [-0.25, -0.2) is 9.78 Å². The molecule has 0 aliphatic rings. The Morgan fingerprint density at radius 1 is 1.11 bits per heavy atom. The van der Waals surface area contributed by atoms with E-state index in [0.29, 0.717) is 22.9 Å². The van der Waals surface area contributed by atoms with E-state index in [1.165, 1.54) is 0 Å². The van der Waals surface area contributed by atoms with Crippen LogP contribution >= 0.6 is 0 Å². The lowest BCUT2D eigenvalue weighted by atomic mass is 10.2. The van der Waals surface area contributed by atoms with E-state index in [2.05, 4.69) is 10.3 Å². The number of aryl methyl sites for hydroxylation is 1. The van der Waals surface area contributed by atoms with Gasteiger partial charge in [-0.1, -0.05) is 36.4 Å². The van der Waals surface area contributed by atoms with Gasteiger partial charge >= 0.3 is 5.97 Å². The maximum atomic E-state index is 12.2. The zero-order valence-corrected chi connectivity index (χ0v) is 15.3. The van der Waals surface area contributed by atoms with Crippen molar-refractivity contribution in [3.63, 3.8) is 0 Å². The summed E-state index contributed by atoms with van der Waals surface area (Å²) in [7, 11) is 0. The third kappa shape index (κ3) is 4.63. The number of rotatable bonds is 7. The molecule has 3 aromatic rings. The van der Waals surface area contributed by atoms with Crippen LogP contribution in [0.15, 0.2) is 65.1 Å². The summed E-state index contributed by atoms with van der Waals surface area (Å²) in [5, 5.41) is 11.9. The van der Waals surface area contributed by atoms with E-state index in [0.717, 1.165) is 5.56 Å². The molecule has 0 aliphatic heterocycles. The molecular weight excluding hydrogens is 360 g/mol. The zero-order valence-electron chi connectivity index (χ0n) is 15.3. The summed E-state index contributed by atoms with van der Waals surface area (Å²) in [4.78, 5) is 28.7. The Labute approximate surface area is 162 Å². The van der Waals surface area contributed by atoms with Crippen LogP contribution in [0.25, 0.3) is 11.5 Å². The average Bonchev–Trinajstić information content (AvgIpc) is 3.12. The van der Waals surface area contributed by atoms with Crippen LogP contribution in [0, 0.1) is 6.92 Å². The minimum Gasteiger partial charge on any atom is -0.457 e. The fraction of sp³-hybridized carbons (Fsp3) is 0.190. The van der Waals surface area contributed by atoms with E-state index < -0.39 is 24.5 Å². The number of hydrogen-bond donors (Lipinski definition) is 2.